The molecule has 0 saturated carbocycles. The number of rotatable bonds is 6. The third kappa shape index (κ3) is 5.10. The first-order valence-electron chi connectivity index (χ1n) is 7.10. The highest BCUT2D eigenvalue weighted by atomic mass is 16.5. The van der Waals surface area contributed by atoms with Crippen molar-refractivity contribution in [2.75, 3.05) is 17.2 Å². The molecule has 0 aromatic heterocycles. The molecule has 0 spiro atoms. The van der Waals surface area contributed by atoms with Crippen LogP contribution in [0.3, 0.4) is 0 Å². The minimum absolute atomic E-state index is 0.106. The Labute approximate surface area is 129 Å². The first-order valence-corrected chi connectivity index (χ1v) is 7.10. The van der Waals surface area contributed by atoms with Crippen LogP contribution in [0, 0.1) is 0 Å². The molecule has 0 saturated heterocycles. The van der Waals surface area contributed by atoms with Crippen molar-refractivity contribution in [1.82, 2.24) is 0 Å². The average Bonchev–Trinajstić information content (AvgIpc) is 2.47. The molecular formula is C17H20N2O3. The normalized spacial score (nSPS) is 11.6. The maximum absolute atomic E-state index is 11.0. The van der Waals surface area contributed by atoms with Crippen molar-refractivity contribution in [1.29, 1.82) is 0 Å². The number of nitrogens with one attached hydrogen (secondary N) is 2. The molecule has 2 aromatic carbocycles. The molecule has 2 rings (SSSR count). The second kappa shape index (κ2) is 7.47. The molecule has 0 aliphatic heterocycles. The Balaban J connectivity index is 2.00. The number of anilines is 2. The number of aliphatic hydroxyl groups is 1. The molecule has 1 unspecified atom stereocenters. The van der Waals surface area contributed by atoms with Crippen LogP contribution in [0.4, 0.5) is 11.4 Å². The van der Waals surface area contributed by atoms with Crippen LogP contribution in [0.2, 0.25) is 0 Å². The maximum atomic E-state index is 11.0. The van der Waals surface area contributed by atoms with Crippen molar-refractivity contribution < 1.29 is 14.6 Å². The number of ether oxygens (including phenoxy) is 1. The Morgan fingerprint density at radius 3 is 2.50 bits per heavy atom. The molecule has 0 aliphatic rings. The average molecular weight is 300 g/mol. The number of carbonyl (C=O) groups excluding carboxylic acids is 1. The second-order valence-corrected chi connectivity index (χ2v) is 5.07. The van der Waals surface area contributed by atoms with Gasteiger partial charge < -0.3 is 20.5 Å². The van der Waals surface area contributed by atoms with Crippen LogP contribution in [0.15, 0.2) is 48.5 Å². The number of benzene rings is 2. The van der Waals surface area contributed by atoms with Crippen LogP contribution in [-0.2, 0) is 4.79 Å². The molecule has 0 radical (unpaired) electrons. The minimum atomic E-state index is -0.411. The lowest BCUT2D eigenvalue weighted by atomic mass is 10.2. The van der Waals surface area contributed by atoms with Crippen molar-refractivity contribution in [3.63, 3.8) is 0 Å². The topological polar surface area (TPSA) is 70.6 Å². The van der Waals surface area contributed by atoms with Gasteiger partial charge in [0.2, 0.25) is 5.91 Å². The third-order valence-electron chi connectivity index (χ3n) is 2.85. The van der Waals surface area contributed by atoms with E-state index in [4.69, 9.17) is 4.74 Å². The van der Waals surface area contributed by atoms with Crippen LogP contribution in [0.25, 0.3) is 0 Å². The predicted molar refractivity (Wildman–Crippen MR) is 87.4 cm³/mol. The Hall–Kier alpha value is -2.53. The Bertz CT molecular complexity index is 624. The molecule has 1 atom stereocenters. The van der Waals surface area contributed by atoms with Gasteiger partial charge in [-0.05, 0) is 43.3 Å². The molecule has 1 amide bonds. The van der Waals surface area contributed by atoms with Gasteiger partial charge in [0.1, 0.15) is 11.5 Å². The highest BCUT2D eigenvalue weighted by Crippen LogP contribution is 2.25. The summed E-state index contributed by atoms with van der Waals surface area (Å²) in [5.41, 5.74) is 1.61. The summed E-state index contributed by atoms with van der Waals surface area (Å²) >= 11 is 0. The van der Waals surface area contributed by atoms with Gasteiger partial charge in [0.05, 0.1) is 6.10 Å². The van der Waals surface area contributed by atoms with Gasteiger partial charge in [-0.1, -0.05) is 6.07 Å². The lowest BCUT2D eigenvalue weighted by molar-refractivity contribution is -0.114. The van der Waals surface area contributed by atoms with Crippen molar-refractivity contribution in [3.8, 4) is 11.5 Å². The van der Waals surface area contributed by atoms with Crippen molar-refractivity contribution >= 4 is 17.3 Å². The van der Waals surface area contributed by atoms with Gasteiger partial charge in [0.15, 0.2) is 0 Å². The number of hydrogen-bond donors (Lipinski definition) is 3. The highest BCUT2D eigenvalue weighted by molar-refractivity contribution is 5.88. The minimum Gasteiger partial charge on any atom is -0.457 e. The van der Waals surface area contributed by atoms with Gasteiger partial charge >= 0.3 is 0 Å². The van der Waals surface area contributed by atoms with Gasteiger partial charge in [0.25, 0.3) is 0 Å². The molecule has 0 bridgehead atoms. The van der Waals surface area contributed by atoms with E-state index in [0.29, 0.717) is 18.0 Å². The predicted octanol–water partition coefficient (Wildman–Crippen LogP) is 3.23. The van der Waals surface area contributed by atoms with Crippen molar-refractivity contribution in [3.05, 3.63) is 48.5 Å². The molecule has 0 heterocycles. The fourth-order valence-electron chi connectivity index (χ4n) is 1.88. The van der Waals surface area contributed by atoms with E-state index in [0.717, 1.165) is 11.4 Å². The first-order chi connectivity index (χ1) is 10.5. The van der Waals surface area contributed by atoms with Crippen LogP contribution in [0.5, 0.6) is 11.5 Å². The summed E-state index contributed by atoms with van der Waals surface area (Å²) in [5.74, 6) is 1.27. The number of hydrogen-bond acceptors (Lipinski definition) is 4. The van der Waals surface area contributed by atoms with Crippen LogP contribution >= 0.6 is 0 Å². The largest absolute Gasteiger partial charge is 0.457 e. The zero-order valence-electron chi connectivity index (χ0n) is 12.7. The molecule has 0 aliphatic carbocycles. The van der Waals surface area contributed by atoms with E-state index in [2.05, 4.69) is 10.6 Å². The van der Waals surface area contributed by atoms with E-state index in [9.17, 15) is 9.90 Å². The summed E-state index contributed by atoms with van der Waals surface area (Å²) in [6.07, 6.45) is -0.411. The van der Waals surface area contributed by atoms with E-state index in [1.165, 1.54) is 6.92 Å². The molecule has 2 aromatic rings. The molecule has 116 valence electrons. The highest BCUT2D eigenvalue weighted by Gasteiger charge is 2.01. The smallest absolute Gasteiger partial charge is 0.221 e. The van der Waals surface area contributed by atoms with E-state index in [-0.39, 0.29) is 5.91 Å². The molecule has 5 nitrogen and oxygen atoms in total. The number of aliphatic hydroxyl groups excluding tert-OH is 1. The van der Waals surface area contributed by atoms with Crippen LogP contribution in [0.1, 0.15) is 13.8 Å². The molecule has 5 heteroatoms. The summed E-state index contributed by atoms with van der Waals surface area (Å²) < 4.78 is 5.77. The second-order valence-electron chi connectivity index (χ2n) is 5.07. The maximum Gasteiger partial charge on any atom is 0.221 e. The first kappa shape index (κ1) is 15.9. The molecule has 22 heavy (non-hydrogen) atoms. The SMILES string of the molecule is CC(=O)Nc1ccc(Oc2cccc(NCC(C)O)c2)cc1. The quantitative estimate of drug-likeness (QED) is 0.766. The summed E-state index contributed by atoms with van der Waals surface area (Å²) in [6, 6.07) is 14.7. The van der Waals surface area contributed by atoms with Crippen LogP contribution < -0.4 is 15.4 Å². The van der Waals surface area contributed by atoms with E-state index in [1.807, 2.05) is 24.3 Å². The van der Waals surface area contributed by atoms with Gasteiger partial charge in [-0.2, -0.15) is 0 Å². The van der Waals surface area contributed by atoms with E-state index < -0.39 is 6.10 Å². The molecule has 3 N–H and O–H groups in total. The zero-order valence-corrected chi connectivity index (χ0v) is 12.7. The van der Waals surface area contributed by atoms with E-state index in [1.54, 1.807) is 31.2 Å². The van der Waals surface area contributed by atoms with Crippen molar-refractivity contribution in [2.24, 2.45) is 0 Å². The summed E-state index contributed by atoms with van der Waals surface area (Å²) in [5, 5.41) is 15.1. The summed E-state index contributed by atoms with van der Waals surface area (Å²) in [7, 11) is 0. The number of carbonyl (C=O) groups is 1. The lowest BCUT2D eigenvalue weighted by Crippen LogP contribution is -2.15. The lowest BCUT2D eigenvalue weighted by Gasteiger charge is -2.11. The fraction of sp³-hybridized carbons (Fsp3) is 0.235. The van der Waals surface area contributed by atoms with Crippen LogP contribution in [-0.4, -0.2) is 23.7 Å². The summed E-state index contributed by atoms with van der Waals surface area (Å²) in [4.78, 5) is 11.0. The van der Waals surface area contributed by atoms with E-state index >= 15 is 0 Å². The zero-order chi connectivity index (χ0) is 15.9. The monoisotopic (exact) mass is 300 g/mol. The Morgan fingerprint density at radius 1 is 1.14 bits per heavy atom. The van der Waals surface area contributed by atoms with Gasteiger partial charge in [-0.25, -0.2) is 0 Å². The fourth-order valence-corrected chi connectivity index (χ4v) is 1.88. The van der Waals surface area contributed by atoms with Gasteiger partial charge in [-0.15, -0.1) is 0 Å². The van der Waals surface area contributed by atoms with Gasteiger partial charge in [-0.3, -0.25) is 4.79 Å². The standard InChI is InChI=1S/C17H20N2O3/c1-12(20)11-18-15-4-3-5-17(10-15)22-16-8-6-14(7-9-16)19-13(2)21/h3-10,12,18,20H,11H2,1-2H3,(H,19,21). The Kier molecular flexibility index (Phi) is 5.38. The Morgan fingerprint density at radius 2 is 1.86 bits per heavy atom. The van der Waals surface area contributed by atoms with Gasteiger partial charge in [0, 0.05) is 30.9 Å². The number of amides is 1. The summed E-state index contributed by atoms with van der Waals surface area (Å²) in [6.45, 7) is 3.68. The van der Waals surface area contributed by atoms with Crippen molar-refractivity contribution in [2.45, 2.75) is 20.0 Å². The third-order valence-corrected chi connectivity index (χ3v) is 2.85. The molecular weight excluding hydrogens is 280 g/mol. The molecule has 0 fully saturated rings.